The maximum Gasteiger partial charge on any atom is 0.338 e. The number of nitrogens with zero attached hydrogens (tertiary/aromatic N) is 3. The quantitative estimate of drug-likeness (QED) is 0.422. The van der Waals surface area contributed by atoms with Gasteiger partial charge in [-0.2, -0.15) is 5.10 Å². The molecule has 0 bridgehead atoms. The Kier molecular flexibility index (Phi) is 5.92. The Labute approximate surface area is 204 Å². The summed E-state index contributed by atoms with van der Waals surface area (Å²) >= 11 is 1.25. The highest BCUT2D eigenvalue weighted by Crippen LogP contribution is 2.31. The van der Waals surface area contributed by atoms with Gasteiger partial charge in [-0.1, -0.05) is 53.8 Å². The van der Waals surface area contributed by atoms with Crippen LogP contribution >= 0.6 is 11.3 Å². The number of carbonyl (C=O) groups is 1. The number of esters is 1. The molecule has 2 N–H and O–H groups in total. The number of H-pyrrole nitrogens is 1. The lowest BCUT2D eigenvalue weighted by atomic mass is 9.96. The molecule has 3 heterocycles. The molecule has 1 atom stereocenters. The van der Waals surface area contributed by atoms with Gasteiger partial charge in [0.25, 0.3) is 5.56 Å². The van der Waals surface area contributed by atoms with Crippen molar-refractivity contribution >= 4 is 23.4 Å². The number of allylic oxidation sites excluding steroid dienone is 1. The SMILES string of the molecule is CCOC(=O)C1=C(C)N=c2s/c(=C/c3cn[nH]c3-c3ccccc3)c(=O)n2[C@H]1c1ccc(O)cc1. The molecule has 0 saturated carbocycles. The molecule has 2 aromatic carbocycles. The first-order valence-electron chi connectivity index (χ1n) is 11.0. The van der Waals surface area contributed by atoms with Gasteiger partial charge in [-0.05, 0) is 37.6 Å². The molecule has 0 saturated heterocycles. The van der Waals surface area contributed by atoms with Crippen molar-refractivity contribution in [2.45, 2.75) is 19.9 Å². The minimum atomic E-state index is -0.731. The molecular formula is C26H22N4O4S. The van der Waals surface area contributed by atoms with Crippen LogP contribution in [0.15, 0.2) is 81.9 Å². The van der Waals surface area contributed by atoms with E-state index >= 15 is 0 Å². The van der Waals surface area contributed by atoms with Crippen molar-refractivity contribution < 1.29 is 14.6 Å². The van der Waals surface area contributed by atoms with E-state index in [0.717, 1.165) is 16.8 Å². The Morgan fingerprint density at radius 3 is 2.66 bits per heavy atom. The molecule has 9 heteroatoms. The minimum absolute atomic E-state index is 0.0907. The van der Waals surface area contributed by atoms with Crippen LogP contribution in [0.1, 0.15) is 31.0 Å². The maximum atomic E-state index is 13.7. The molecule has 0 spiro atoms. The van der Waals surface area contributed by atoms with E-state index in [1.54, 1.807) is 38.3 Å². The predicted molar refractivity (Wildman–Crippen MR) is 133 cm³/mol. The summed E-state index contributed by atoms with van der Waals surface area (Å²) in [5, 5.41) is 17.0. The topological polar surface area (TPSA) is 110 Å². The van der Waals surface area contributed by atoms with Gasteiger partial charge >= 0.3 is 5.97 Å². The number of carbonyl (C=O) groups excluding carboxylic acids is 1. The van der Waals surface area contributed by atoms with Crippen LogP contribution in [0.3, 0.4) is 0 Å². The van der Waals surface area contributed by atoms with Gasteiger partial charge in [-0.3, -0.25) is 14.5 Å². The fourth-order valence-corrected chi connectivity index (χ4v) is 5.18. The van der Waals surface area contributed by atoms with E-state index in [4.69, 9.17) is 4.74 Å². The molecule has 0 unspecified atom stereocenters. The number of thiazole rings is 1. The molecule has 35 heavy (non-hydrogen) atoms. The summed E-state index contributed by atoms with van der Waals surface area (Å²) in [5.74, 6) is -0.435. The first kappa shape index (κ1) is 22.5. The summed E-state index contributed by atoms with van der Waals surface area (Å²) in [6, 6.07) is 15.4. The molecule has 1 aliphatic heterocycles. The van der Waals surface area contributed by atoms with Crippen molar-refractivity contribution in [2.24, 2.45) is 4.99 Å². The summed E-state index contributed by atoms with van der Waals surface area (Å²) < 4.78 is 7.28. The molecule has 5 rings (SSSR count). The van der Waals surface area contributed by atoms with E-state index < -0.39 is 12.0 Å². The van der Waals surface area contributed by atoms with E-state index in [1.807, 2.05) is 30.3 Å². The number of aromatic hydroxyl groups is 1. The first-order chi connectivity index (χ1) is 17.0. The van der Waals surface area contributed by atoms with E-state index in [2.05, 4.69) is 15.2 Å². The van der Waals surface area contributed by atoms with Crippen LogP contribution in [0.2, 0.25) is 0 Å². The molecule has 0 radical (unpaired) electrons. The number of phenolic OH excluding ortho intramolecular Hbond substituents is 1. The average Bonchev–Trinajstić information content (AvgIpc) is 3.44. The Morgan fingerprint density at radius 1 is 1.20 bits per heavy atom. The molecule has 8 nitrogen and oxygen atoms in total. The Morgan fingerprint density at radius 2 is 1.94 bits per heavy atom. The summed E-state index contributed by atoms with van der Waals surface area (Å²) in [7, 11) is 0. The van der Waals surface area contributed by atoms with Crippen molar-refractivity contribution in [1.29, 1.82) is 0 Å². The maximum absolute atomic E-state index is 13.7. The number of phenols is 1. The number of hydrogen-bond acceptors (Lipinski definition) is 7. The summed E-state index contributed by atoms with van der Waals surface area (Å²) in [5.41, 5.74) is 3.69. The van der Waals surface area contributed by atoms with Crippen molar-refractivity contribution in [3.63, 3.8) is 0 Å². The van der Waals surface area contributed by atoms with Crippen LogP contribution in [0.4, 0.5) is 0 Å². The Balaban J connectivity index is 1.70. The number of hydrogen-bond donors (Lipinski definition) is 2. The van der Waals surface area contributed by atoms with E-state index in [9.17, 15) is 14.7 Å². The summed E-state index contributed by atoms with van der Waals surface area (Å²) in [4.78, 5) is 31.7. The highest BCUT2D eigenvalue weighted by Gasteiger charge is 2.33. The third-order valence-electron chi connectivity index (χ3n) is 5.74. The third kappa shape index (κ3) is 4.10. The first-order valence-corrected chi connectivity index (χ1v) is 11.9. The van der Waals surface area contributed by atoms with E-state index in [-0.39, 0.29) is 17.9 Å². The lowest BCUT2D eigenvalue weighted by Gasteiger charge is -2.24. The zero-order valence-electron chi connectivity index (χ0n) is 19.1. The summed E-state index contributed by atoms with van der Waals surface area (Å²) in [6.45, 7) is 3.67. The normalized spacial score (nSPS) is 15.6. The van der Waals surface area contributed by atoms with Crippen LogP contribution in [-0.2, 0) is 9.53 Å². The van der Waals surface area contributed by atoms with Crippen molar-refractivity contribution in [1.82, 2.24) is 14.8 Å². The van der Waals surface area contributed by atoms with Crippen LogP contribution in [0.5, 0.6) is 5.75 Å². The monoisotopic (exact) mass is 486 g/mol. The largest absolute Gasteiger partial charge is 0.508 e. The molecule has 0 fully saturated rings. The number of benzene rings is 2. The third-order valence-corrected chi connectivity index (χ3v) is 6.73. The predicted octanol–water partition coefficient (Wildman–Crippen LogP) is 2.89. The molecule has 4 aromatic rings. The molecule has 1 aliphatic rings. The molecule has 0 amide bonds. The van der Waals surface area contributed by atoms with Crippen molar-refractivity contribution in [2.75, 3.05) is 6.61 Å². The molecule has 2 aromatic heterocycles. The van der Waals surface area contributed by atoms with Gasteiger partial charge < -0.3 is 9.84 Å². The van der Waals surface area contributed by atoms with Crippen LogP contribution < -0.4 is 14.9 Å². The Bertz CT molecular complexity index is 1610. The second-order valence-electron chi connectivity index (χ2n) is 7.96. The van der Waals surface area contributed by atoms with E-state index in [0.29, 0.717) is 26.2 Å². The standard InChI is InChI=1S/C26H22N4O4S/c1-3-34-25(33)21-15(2)28-26-30(23(21)17-9-11-19(31)12-10-17)24(32)20(35-26)13-18-14-27-29-22(18)16-7-5-4-6-8-16/h4-14,23,31H,3H2,1-2H3,(H,27,29)/b20-13+/t23-/m0/s1. The molecule has 176 valence electrons. The number of aromatic nitrogens is 3. The lowest BCUT2D eigenvalue weighted by molar-refractivity contribution is -0.139. The second kappa shape index (κ2) is 9.19. The average molecular weight is 487 g/mol. The Hall–Kier alpha value is -4.24. The van der Waals surface area contributed by atoms with Gasteiger partial charge in [-0.25, -0.2) is 9.79 Å². The number of rotatable bonds is 5. The minimum Gasteiger partial charge on any atom is -0.508 e. The summed E-state index contributed by atoms with van der Waals surface area (Å²) in [6.07, 6.45) is 3.46. The number of aromatic amines is 1. The van der Waals surface area contributed by atoms with Gasteiger partial charge in [0.2, 0.25) is 0 Å². The van der Waals surface area contributed by atoms with Gasteiger partial charge in [-0.15, -0.1) is 0 Å². The molecular weight excluding hydrogens is 464 g/mol. The van der Waals surface area contributed by atoms with Gasteiger partial charge in [0.1, 0.15) is 5.75 Å². The van der Waals surface area contributed by atoms with Gasteiger partial charge in [0.15, 0.2) is 4.80 Å². The number of fused-ring (bicyclic) bond motifs is 1. The zero-order chi connectivity index (χ0) is 24.5. The number of nitrogens with one attached hydrogen (secondary N) is 1. The highest BCUT2D eigenvalue weighted by molar-refractivity contribution is 7.07. The number of ether oxygens (including phenoxy) is 1. The van der Waals surface area contributed by atoms with Gasteiger partial charge in [0.05, 0.1) is 40.3 Å². The van der Waals surface area contributed by atoms with E-state index in [1.165, 1.54) is 28.0 Å². The fourth-order valence-electron chi connectivity index (χ4n) is 4.15. The highest BCUT2D eigenvalue weighted by atomic mass is 32.1. The molecule has 0 aliphatic carbocycles. The van der Waals surface area contributed by atoms with Gasteiger partial charge in [0, 0.05) is 11.1 Å². The van der Waals surface area contributed by atoms with Crippen molar-refractivity contribution in [3.8, 4) is 17.0 Å². The zero-order valence-corrected chi connectivity index (χ0v) is 19.9. The van der Waals surface area contributed by atoms with Crippen LogP contribution in [0.25, 0.3) is 17.3 Å². The van der Waals surface area contributed by atoms with Crippen LogP contribution in [0, 0.1) is 0 Å². The second-order valence-corrected chi connectivity index (χ2v) is 8.97. The smallest absolute Gasteiger partial charge is 0.338 e. The lowest BCUT2D eigenvalue weighted by Crippen LogP contribution is -2.39. The fraction of sp³-hybridized carbons (Fsp3) is 0.154. The van der Waals surface area contributed by atoms with Crippen molar-refractivity contribution in [3.05, 3.63) is 103 Å². The van der Waals surface area contributed by atoms with Crippen LogP contribution in [-0.4, -0.2) is 32.4 Å².